The highest BCUT2D eigenvalue weighted by molar-refractivity contribution is 5.86. The first kappa shape index (κ1) is 15.8. The third-order valence-corrected chi connectivity index (χ3v) is 4.75. The molecule has 1 aliphatic carbocycles. The second kappa shape index (κ2) is 6.57. The molecule has 1 aliphatic heterocycles. The topological polar surface area (TPSA) is 52.6 Å². The van der Waals surface area contributed by atoms with Crippen LogP contribution in [0.5, 0.6) is 0 Å². The molecule has 2 atom stereocenters. The molecule has 1 heterocycles. The summed E-state index contributed by atoms with van der Waals surface area (Å²) in [7, 11) is 0. The van der Waals surface area contributed by atoms with E-state index in [4.69, 9.17) is 9.47 Å². The number of hydrogen-bond acceptors (Lipinski definition) is 4. The van der Waals surface area contributed by atoms with Crippen LogP contribution in [0.25, 0.3) is 0 Å². The fourth-order valence-electron chi connectivity index (χ4n) is 3.68. The molecule has 0 bridgehead atoms. The van der Waals surface area contributed by atoms with E-state index in [-0.39, 0.29) is 25.0 Å². The fourth-order valence-corrected chi connectivity index (χ4v) is 3.68. The number of ether oxygens (including phenoxy) is 2. The molecule has 122 valence electrons. The van der Waals surface area contributed by atoms with Gasteiger partial charge in [-0.15, -0.1) is 0 Å². The van der Waals surface area contributed by atoms with Crippen LogP contribution in [0.1, 0.15) is 44.6 Å². The van der Waals surface area contributed by atoms with Crippen molar-refractivity contribution in [3.63, 3.8) is 0 Å². The molecule has 3 rings (SSSR count). The molecular formula is C19H22O4. The van der Waals surface area contributed by atoms with Crippen molar-refractivity contribution in [3.8, 4) is 0 Å². The summed E-state index contributed by atoms with van der Waals surface area (Å²) in [6.45, 7) is 2.32. The molecule has 1 aromatic carbocycles. The van der Waals surface area contributed by atoms with Crippen molar-refractivity contribution < 1.29 is 19.1 Å². The number of rotatable bonds is 6. The van der Waals surface area contributed by atoms with Crippen LogP contribution in [0.4, 0.5) is 0 Å². The third kappa shape index (κ3) is 3.03. The summed E-state index contributed by atoms with van der Waals surface area (Å²) in [4.78, 5) is 24.4. The fraction of sp³-hybridized carbons (Fsp3) is 0.474. The van der Waals surface area contributed by atoms with Gasteiger partial charge in [-0.25, -0.2) is 0 Å². The zero-order valence-electron chi connectivity index (χ0n) is 13.4. The van der Waals surface area contributed by atoms with Crippen molar-refractivity contribution in [1.82, 2.24) is 0 Å². The number of carbonyl (C=O) groups excluding carboxylic acids is 2. The lowest BCUT2D eigenvalue weighted by molar-refractivity contribution is -0.153. The van der Waals surface area contributed by atoms with Crippen molar-refractivity contribution in [1.29, 1.82) is 0 Å². The van der Waals surface area contributed by atoms with Gasteiger partial charge in [-0.2, -0.15) is 0 Å². The standard InChI is InChI=1S/C19H22O4/c1-2-10-19-11-6-9-15(19)16(23-18(19)21)12-17(20)22-13-14-7-4-3-5-8-14/h3-5,7-9,16H,2,6,10-13H2,1H3/t16?,19-/m0/s1. The number of fused-ring (bicyclic) bond motifs is 1. The summed E-state index contributed by atoms with van der Waals surface area (Å²) in [6, 6.07) is 9.56. The SMILES string of the molecule is CCC[C@]12CCC=C1C(CC(=O)OCc1ccccc1)OC2=O. The molecule has 4 nitrogen and oxygen atoms in total. The number of cyclic esters (lactones) is 1. The number of hydrogen-bond donors (Lipinski definition) is 0. The van der Waals surface area contributed by atoms with E-state index < -0.39 is 11.5 Å². The van der Waals surface area contributed by atoms with E-state index in [2.05, 4.69) is 13.0 Å². The van der Waals surface area contributed by atoms with Gasteiger partial charge in [0.2, 0.25) is 0 Å². The summed E-state index contributed by atoms with van der Waals surface area (Å²) in [5.41, 5.74) is 1.48. The molecule has 1 fully saturated rings. The first-order chi connectivity index (χ1) is 11.2. The van der Waals surface area contributed by atoms with Gasteiger partial charge in [0.15, 0.2) is 0 Å². The maximum absolute atomic E-state index is 12.3. The molecular weight excluding hydrogens is 292 g/mol. The van der Waals surface area contributed by atoms with Crippen LogP contribution in [0, 0.1) is 5.41 Å². The lowest BCUT2D eigenvalue weighted by atomic mass is 9.77. The normalized spacial score (nSPS) is 25.7. The van der Waals surface area contributed by atoms with E-state index >= 15 is 0 Å². The minimum absolute atomic E-state index is 0.107. The van der Waals surface area contributed by atoms with E-state index in [9.17, 15) is 9.59 Å². The van der Waals surface area contributed by atoms with Crippen LogP contribution < -0.4 is 0 Å². The van der Waals surface area contributed by atoms with Crippen molar-refractivity contribution in [3.05, 3.63) is 47.5 Å². The lowest BCUT2D eigenvalue weighted by Gasteiger charge is -2.21. The summed E-state index contributed by atoms with van der Waals surface area (Å²) in [5, 5.41) is 0. The Labute approximate surface area is 136 Å². The maximum Gasteiger partial charge on any atom is 0.316 e. The Bertz CT molecular complexity index is 620. The van der Waals surface area contributed by atoms with Gasteiger partial charge in [-0.05, 0) is 30.4 Å². The predicted molar refractivity (Wildman–Crippen MR) is 85.4 cm³/mol. The van der Waals surface area contributed by atoms with Crippen LogP contribution in [-0.4, -0.2) is 18.0 Å². The molecule has 0 amide bonds. The van der Waals surface area contributed by atoms with E-state index in [0.29, 0.717) is 0 Å². The smallest absolute Gasteiger partial charge is 0.316 e. The monoisotopic (exact) mass is 314 g/mol. The Balaban J connectivity index is 1.60. The number of allylic oxidation sites excluding steroid dienone is 1. The second-order valence-corrected chi connectivity index (χ2v) is 6.27. The Morgan fingerprint density at radius 3 is 2.87 bits per heavy atom. The molecule has 4 heteroatoms. The molecule has 0 N–H and O–H groups in total. The van der Waals surface area contributed by atoms with E-state index in [1.807, 2.05) is 30.3 Å². The average molecular weight is 314 g/mol. The third-order valence-electron chi connectivity index (χ3n) is 4.75. The Kier molecular flexibility index (Phi) is 4.51. The summed E-state index contributed by atoms with van der Waals surface area (Å²) in [6.07, 6.45) is 5.17. The first-order valence-corrected chi connectivity index (χ1v) is 8.27. The van der Waals surface area contributed by atoms with E-state index in [1.54, 1.807) is 0 Å². The van der Waals surface area contributed by atoms with Crippen LogP contribution in [0.15, 0.2) is 42.0 Å². The molecule has 1 saturated heterocycles. The Morgan fingerprint density at radius 1 is 1.35 bits per heavy atom. The highest BCUT2D eigenvalue weighted by atomic mass is 16.6. The van der Waals surface area contributed by atoms with Crippen molar-refractivity contribution in [2.75, 3.05) is 0 Å². The lowest BCUT2D eigenvalue weighted by Crippen LogP contribution is -2.25. The van der Waals surface area contributed by atoms with Gasteiger partial charge in [0.25, 0.3) is 0 Å². The van der Waals surface area contributed by atoms with Gasteiger partial charge in [0.1, 0.15) is 12.7 Å². The largest absolute Gasteiger partial charge is 0.461 e. The molecule has 1 aromatic rings. The molecule has 0 aromatic heterocycles. The Hall–Kier alpha value is -2.10. The van der Waals surface area contributed by atoms with Crippen LogP contribution >= 0.6 is 0 Å². The molecule has 2 aliphatic rings. The highest BCUT2D eigenvalue weighted by Gasteiger charge is 2.54. The Morgan fingerprint density at radius 2 is 2.13 bits per heavy atom. The molecule has 0 saturated carbocycles. The van der Waals surface area contributed by atoms with E-state index in [1.165, 1.54) is 0 Å². The van der Waals surface area contributed by atoms with Crippen molar-refractivity contribution in [2.24, 2.45) is 5.41 Å². The average Bonchev–Trinajstić information content (AvgIpc) is 3.07. The van der Waals surface area contributed by atoms with Gasteiger partial charge in [-0.3, -0.25) is 9.59 Å². The summed E-state index contributed by atoms with van der Waals surface area (Å²) < 4.78 is 10.8. The van der Waals surface area contributed by atoms with E-state index in [0.717, 1.165) is 36.8 Å². The number of benzene rings is 1. The number of carbonyl (C=O) groups is 2. The van der Waals surface area contributed by atoms with Gasteiger partial charge >= 0.3 is 11.9 Å². The molecule has 0 radical (unpaired) electrons. The predicted octanol–water partition coefficient (Wildman–Crippen LogP) is 3.55. The van der Waals surface area contributed by atoms with Crippen molar-refractivity contribution in [2.45, 2.75) is 51.7 Å². The maximum atomic E-state index is 12.3. The second-order valence-electron chi connectivity index (χ2n) is 6.27. The van der Waals surface area contributed by atoms with Gasteiger partial charge in [0.05, 0.1) is 11.8 Å². The molecule has 1 unspecified atom stereocenters. The quantitative estimate of drug-likeness (QED) is 0.595. The van der Waals surface area contributed by atoms with Gasteiger partial charge < -0.3 is 9.47 Å². The zero-order chi connectivity index (χ0) is 16.3. The van der Waals surface area contributed by atoms with Crippen LogP contribution in [0.3, 0.4) is 0 Å². The van der Waals surface area contributed by atoms with Crippen LogP contribution in [-0.2, 0) is 25.7 Å². The zero-order valence-corrected chi connectivity index (χ0v) is 13.4. The molecule has 0 spiro atoms. The first-order valence-electron chi connectivity index (χ1n) is 8.27. The summed E-state index contributed by atoms with van der Waals surface area (Å²) in [5.74, 6) is -0.490. The minimum Gasteiger partial charge on any atom is -0.461 e. The van der Waals surface area contributed by atoms with Crippen LogP contribution in [0.2, 0.25) is 0 Å². The number of esters is 2. The van der Waals surface area contributed by atoms with Crippen molar-refractivity contribution >= 4 is 11.9 Å². The van der Waals surface area contributed by atoms with Gasteiger partial charge in [-0.1, -0.05) is 49.8 Å². The molecule has 23 heavy (non-hydrogen) atoms. The minimum atomic E-state index is -0.473. The summed E-state index contributed by atoms with van der Waals surface area (Å²) >= 11 is 0. The van der Waals surface area contributed by atoms with Gasteiger partial charge in [0, 0.05) is 0 Å². The highest BCUT2D eigenvalue weighted by Crippen LogP contribution is 2.51.